The maximum Gasteiger partial charge on any atom is 0.341 e. The summed E-state index contributed by atoms with van der Waals surface area (Å²) < 4.78 is 45.0. The van der Waals surface area contributed by atoms with Crippen molar-refractivity contribution >= 4 is 28.2 Å². The molecule has 0 spiro atoms. The van der Waals surface area contributed by atoms with Crippen molar-refractivity contribution in [2.75, 3.05) is 30.4 Å². The van der Waals surface area contributed by atoms with E-state index in [-0.39, 0.29) is 24.6 Å². The summed E-state index contributed by atoms with van der Waals surface area (Å²) >= 11 is 0. The van der Waals surface area contributed by atoms with Crippen LogP contribution in [-0.4, -0.2) is 41.4 Å². The summed E-state index contributed by atoms with van der Waals surface area (Å²) in [6, 6.07) is -0.798. The Morgan fingerprint density at radius 2 is 1.93 bits per heavy atom. The van der Waals surface area contributed by atoms with E-state index in [2.05, 4.69) is 0 Å². The molecule has 150 valence electrons. The molecule has 1 saturated heterocycles. The Balaban J connectivity index is 2.03. The van der Waals surface area contributed by atoms with Crippen LogP contribution in [0.25, 0.3) is 10.9 Å². The molecule has 0 bridgehead atoms. The Morgan fingerprint density at radius 1 is 1.25 bits per heavy atom. The average Bonchev–Trinajstić information content (AvgIpc) is 3.42. The minimum absolute atomic E-state index is 0.0112. The van der Waals surface area contributed by atoms with E-state index >= 15 is 8.78 Å². The molecule has 2 aliphatic rings. The number of anilines is 2. The number of carbonyl (C=O) groups is 1. The summed E-state index contributed by atoms with van der Waals surface area (Å²) in [5.74, 6) is -4.26. The molecule has 2 aromatic rings. The molecular weight excluding hydrogens is 377 g/mol. The van der Waals surface area contributed by atoms with E-state index in [1.54, 1.807) is 0 Å². The summed E-state index contributed by atoms with van der Waals surface area (Å²) in [7, 11) is 0. The smallest absolute Gasteiger partial charge is 0.341 e. The highest BCUT2D eigenvalue weighted by Crippen LogP contribution is 2.42. The molecule has 5 N–H and O–H groups in total. The summed E-state index contributed by atoms with van der Waals surface area (Å²) in [4.78, 5) is 25.3. The molecule has 1 aliphatic carbocycles. The zero-order valence-corrected chi connectivity index (χ0v) is 14.8. The second-order valence-electron chi connectivity index (χ2n) is 7.41. The molecule has 7 nitrogen and oxygen atoms in total. The van der Waals surface area contributed by atoms with Crippen molar-refractivity contribution in [3.63, 3.8) is 0 Å². The van der Waals surface area contributed by atoms with Crippen LogP contribution in [0.1, 0.15) is 29.2 Å². The number of nitrogens with two attached hydrogens (primary N) is 2. The van der Waals surface area contributed by atoms with E-state index in [0.717, 1.165) is 6.20 Å². The third kappa shape index (κ3) is 2.62. The minimum Gasteiger partial charge on any atom is -0.477 e. The lowest BCUT2D eigenvalue weighted by Gasteiger charge is -2.23. The molecule has 1 aromatic heterocycles. The predicted octanol–water partition coefficient (Wildman–Crippen LogP) is 1.63. The fourth-order valence-electron chi connectivity index (χ4n) is 3.87. The highest BCUT2D eigenvalue weighted by atomic mass is 19.1. The van der Waals surface area contributed by atoms with Gasteiger partial charge in [-0.3, -0.25) is 9.18 Å². The second kappa shape index (κ2) is 6.40. The summed E-state index contributed by atoms with van der Waals surface area (Å²) in [5.41, 5.74) is 8.74. The van der Waals surface area contributed by atoms with Gasteiger partial charge in [0.25, 0.3) is 0 Å². The van der Waals surface area contributed by atoms with Gasteiger partial charge in [-0.25, -0.2) is 13.6 Å². The fourth-order valence-corrected chi connectivity index (χ4v) is 3.87. The monoisotopic (exact) mass is 396 g/mol. The van der Waals surface area contributed by atoms with E-state index < -0.39 is 64.0 Å². The lowest BCUT2D eigenvalue weighted by molar-refractivity contribution is 0.0695. The molecular formula is C18H19F3N4O3. The number of rotatable bonds is 4. The zero-order valence-electron chi connectivity index (χ0n) is 14.8. The number of halogens is 3. The highest BCUT2D eigenvalue weighted by Gasteiger charge is 2.37. The van der Waals surface area contributed by atoms with Gasteiger partial charge in [0, 0.05) is 37.3 Å². The maximum absolute atomic E-state index is 15.5. The first-order chi connectivity index (χ1) is 13.3. The Labute approximate surface area is 157 Å². The Kier molecular flexibility index (Phi) is 4.25. The van der Waals surface area contributed by atoms with Crippen LogP contribution >= 0.6 is 0 Å². The van der Waals surface area contributed by atoms with Gasteiger partial charge in [-0.2, -0.15) is 0 Å². The Hall–Kier alpha value is -2.75. The van der Waals surface area contributed by atoms with E-state index in [4.69, 9.17) is 11.5 Å². The Morgan fingerprint density at radius 3 is 2.46 bits per heavy atom. The first-order valence-corrected chi connectivity index (χ1v) is 8.91. The number of carboxylic acid groups (broad SMARTS) is 1. The molecule has 4 rings (SSSR count). The number of nitrogen functional groups attached to an aromatic ring is 1. The number of aromatic carboxylic acids is 1. The summed E-state index contributed by atoms with van der Waals surface area (Å²) in [6.07, 6.45) is 2.41. The third-order valence-corrected chi connectivity index (χ3v) is 5.54. The fraction of sp³-hybridized carbons (Fsp3) is 0.444. The van der Waals surface area contributed by atoms with Gasteiger partial charge in [0.2, 0.25) is 5.43 Å². The van der Waals surface area contributed by atoms with Crippen molar-refractivity contribution in [2.24, 2.45) is 11.7 Å². The number of nitrogens with zero attached hydrogens (tertiary/aromatic N) is 2. The van der Waals surface area contributed by atoms with Gasteiger partial charge in [-0.1, -0.05) is 0 Å². The third-order valence-electron chi connectivity index (χ3n) is 5.54. The molecule has 1 aromatic carbocycles. The van der Waals surface area contributed by atoms with Gasteiger partial charge in [0.05, 0.1) is 23.3 Å². The van der Waals surface area contributed by atoms with Crippen LogP contribution in [-0.2, 0) is 0 Å². The largest absolute Gasteiger partial charge is 0.477 e. The summed E-state index contributed by atoms with van der Waals surface area (Å²) in [6.45, 7) is -0.676. The molecule has 2 heterocycles. The lowest BCUT2D eigenvalue weighted by atomic mass is 10.1. The standard InChI is InChI=1S/C18H19F3N4O3/c19-3-7-4-24(6-10(7)22)16-12(20)14(23)11-15(13(16)21)25(8-1-2-8)5-9(17(11)26)18(27)28/h5,7-8,10H,1-4,6,22-23H2,(H,27,28)/t7-,10+/m1/s1. The van der Waals surface area contributed by atoms with Gasteiger partial charge < -0.3 is 26.0 Å². The number of hydrogen-bond donors (Lipinski definition) is 3. The van der Waals surface area contributed by atoms with Crippen molar-refractivity contribution in [1.29, 1.82) is 0 Å². The molecule has 0 unspecified atom stereocenters. The second-order valence-corrected chi connectivity index (χ2v) is 7.41. The molecule has 1 aliphatic heterocycles. The first kappa shape index (κ1) is 18.6. The van der Waals surface area contributed by atoms with Crippen molar-refractivity contribution in [3.05, 3.63) is 33.6 Å². The van der Waals surface area contributed by atoms with E-state index in [0.29, 0.717) is 12.8 Å². The lowest BCUT2D eigenvalue weighted by Crippen LogP contribution is -2.31. The van der Waals surface area contributed by atoms with Crippen molar-refractivity contribution < 1.29 is 23.1 Å². The van der Waals surface area contributed by atoms with Crippen molar-refractivity contribution in [1.82, 2.24) is 4.57 Å². The van der Waals surface area contributed by atoms with Gasteiger partial charge in [0.1, 0.15) is 11.3 Å². The first-order valence-electron chi connectivity index (χ1n) is 8.91. The summed E-state index contributed by atoms with van der Waals surface area (Å²) in [5, 5.41) is 8.80. The van der Waals surface area contributed by atoms with E-state index in [9.17, 15) is 19.1 Å². The number of hydrogen-bond acceptors (Lipinski definition) is 5. The zero-order chi connectivity index (χ0) is 20.3. The quantitative estimate of drug-likeness (QED) is 0.677. The van der Waals surface area contributed by atoms with Gasteiger partial charge >= 0.3 is 5.97 Å². The van der Waals surface area contributed by atoms with Gasteiger partial charge in [-0.15, -0.1) is 0 Å². The van der Waals surface area contributed by atoms with Crippen LogP contribution in [0.4, 0.5) is 24.5 Å². The normalized spacial score (nSPS) is 22.2. The topological polar surface area (TPSA) is 115 Å². The van der Waals surface area contributed by atoms with Crippen LogP contribution in [0.5, 0.6) is 0 Å². The highest BCUT2D eigenvalue weighted by molar-refractivity contribution is 5.99. The van der Waals surface area contributed by atoms with E-state index in [1.165, 1.54) is 9.47 Å². The number of alkyl halides is 1. The number of carboxylic acids is 1. The van der Waals surface area contributed by atoms with Gasteiger partial charge in [-0.05, 0) is 12.8 Å². The molecule has 1 saturated carbocycles. The number of pyridine rings is 1. The molecule has 2 atom stereocenters. The molecule has 0 radical (unpaired) electrons. The van der Waals surface area contributed by atoms with Crippen molar-refractivity contribution in [3.8, 4) is 0 Å². The van der Waals surface area contributed by atoms with Crippen LogP contribution in [0, 0.1) is 17.6 Å². The van der Waals surface area contributed by atoms with Gasteiger partial charge in [0.15, 0.2) is 11.6 Å². The molecule has 10 heteroatoms. The molecule has 2 fully saturated rings. The number of aromatic nitrogens is 1. The minimum atomic E-state index is -1.50. The van der Waals surface area contributed by atoms with Crippen molar-refractivity contribution in [2.45, 2.75) is 24.9 Å². The number of benzene rings is 1. The predicted molar refractivity (Wildman–Crippen MR) is 97.4 cm³/mol. The molecule has 0 amide bonds. The van der Waals surface area contributed by atoms with Crippen LogP contribution < -0.4 is 21.8 Å². The average molecular weight is 396 g/mol. The Bertz CT molecular complexity index is 1050. The number of fused-ring (bicyclic) bond motifs is 1. The van der Waals surface area contributed by atoms with Crippen LogP contribution in [0.3, 0.4) is 0 Å². The molecule has 28 heavy (non-hydrogen) atoms. The van der Waals surface area contributed by atoms with Crippen LogP contribution in [0.15, 0.2) is 11.0 Å². The maximum atomic E-state index is 15.5. The van der Waals surface area contributed by atoms with E-state index in [1.807, 2.05) is 0 Å². The van der Waals surface area contributed by atoms with Crippen LogP contribution in [0.2, 0.25) is 0 Å². The SMILES string of the molecule is Nc1c(F)c(N2C[C@@H](CF)[C@@H](N)C2)c(F)c2c1c(=O)c(C(=O)O)cn2C1CC1.